The minimum atomic E-state index is 0. The fourth-order valence-corrected chi connectivity index (χ4v) is 3.80. The van der Waals surface area contributed by atoms with Gasteiger partial charge in [0.15, 0.2) is 5.96 Å². The SMILES string of the molecule is CN=C(NCc1cc2ccccc2[nH]1)NC(C)Cc1ccc(C)s1.I. The summed E-state index contributed by atoms with van der Waals surface area (Å²) in [6, 6.07) is 15.2. The number of halogens is 1. The summed E-state index contributed by atoms with van der Waals surface area (Å²) in [5, 5.41) is 8.07. The Morgan fingerprint density at radius 3 is 2.72 bits per heavy atom. The Morgan fingerprint density at radius 2 is 2.04 bits per heavy atom. The number of nitrogens with one attached hydrogen (secondary N) is 3. The lowest BCUT2D eigenvalue weighted by molar-refractivity contribution is 0.644. The van der Waals surface area contributed by atoms with Crippen LogP contribution in [0.4, 0.5) is 0 Å². The average molecular weight is 468 g/mol. The summed E-state index contributed by atoms with van der Waals surface area (Å²) in [4.78, 5) is 10.5. The molecule has 1 aromatic carbocycles. The van der Waals surface area contributed by atoms with Crippen molar-refractivity contribution in [3.63, 3.8) is 0 Å². The maximum atomic E-state index is 4.33. The minimum Gasteiger partial charge on any atom is -0.357 e. The van der Waals surface area contributed by atoms with Gasteiger partial charge in [0, 0.05) is 40.5 Å². The lowest BCUT2D eigenvalue weighted by Crippen LogP contribution is -2.42. The highest BCUT2D eigenvalue weighted by molar-refractivity contribution is 14.0. The summed E-state index contributed by atoms with van der Waals surface area (Å²) in [6.07, 6.45) is 1.01. The number of aliphatic imine (C=N–C) groups is 1. The Hall–Kier alpha value is -1.54. The van der Waals surface area contributed by atoms with Gasteiger partial charge in [0.1, 0.15) is 0 Å². The first-order valence-corrected chi connectivity index (χ1v) is 9.05. The van der Waals surface area contributed by atoms with Crippen molar-refractivity contribution < 1.29 is 0 Å². The molecular weight excluding hydrogens is 443 g/mol. The Labute approximate surface area is 170 Å². The van der Waals surface area contributed by atoms with Crippen LogP contribution in [-0.2, 0) is 13.0 Å². The van der Waals surface area contributed by atoms with Gasteiger partial charge < -0.3 is 15.6 Å². The number of hydrogen-bond donors (Lipinski definition) is 3. The van der Waals surface area contributed by atoms with Crippen molar-refractivity contribution in [3.05, 3.63) is 57.9 Å². The number of rotatable bonds is 5. The van der Waals surface area contributed by atoms with Crippen molar-refractivity contribution in [2.75, 3.05) is 7.05 Å². The van der Waals surface area contributed by atoms with Crippen LogP contribution in [0.1, 0.15) is 22.4 Å². The molecule has 0 amide bonds. The highest BCUT2D eigenvalue weighted by Crippen LogP contribution is 2.17. The van der Waals surface area contributed by atoms with Crippen LogP contribution in [0.5, 0.6) is 0 Å². The van der Waals surface area contributed by atoms with Crippen LogP contribution < -0.4 is 10.6 Å². The van der Waals surface area contributed by atoms with Gasteiger partial charge in [-0.2, -0.15) is 0 Å². The Kier molecular flexibility index (Phi) is 7.31. The molecule has 0 saturated heterocycles. The molecular formula is C19H25IN4S. The normalized spacial score (nSPS) is 12.7. The molecule has 0 saturated carbocycles. The van der Waals surface area contributed by atoms with Crippen molar-refractivity contribution in [3.8, 4) is 0 Å². The second-order valence-electron chi connectivity index (χ2n) is 6.07. The number of fused-ring (bicyclic) bond motifs is 1. The van der Waals surface area contributed by atoms with E-state index < -0.39 is 0 Å². The van der Waals surface area contributed by atoms with Crippen molar-refractivity contribution in [2.24, 2.45) is 4.99 Å². The number of aryl methyl sites for hydroxylation is 1. The van der Waals surface area contributed by atoms with Crippen LogP contribution in [0.25, 0.3) is 10.9 Å². The number of guanidine groups is 1. The molecule has 0 bridgehead atoms. The van der Waals surface area contributed by atoms with Gasteiger partial charge in [-0.15, -0.1) is 35.3 Å². The summed E-state index contributed by atoms with van der Waals surface area (Å²) < 4.78 is 0. The largest absolute Gasteiger partial charge is 0.357 e. The van der Waals surface area contributed by atoms with Crippen LogP contribution in [0.3, 0.4) is 0 Å². The van der Waals surface area contributed by atoms with E-state index in [4.69, 9.17) is 0 Å². The first-order valence-electron chi connectivity index (χ1n) is 8.23. The fraction of sp³-hybridized carbons (Fsp3) is 0.316. The maximum Gasteiger partial charge on any atom is 0.191 e. The molecule has 2 aromatic heterocycles. The number of H-pyrrole nitrogens is 1. The predicted octanol–water partition coefficient (Wildman–Crippen LogP) is 4.45. The topological polar surface area (TPSA) is 52.2 Å². The summed E-state index contributed by atoms with van der Waals surface area (Å²) in [5.74, 6) is 0.828. The molecule has 3 aromatic rings. The highest BCUT2D eigenvalue weighted by Gasteiger charge is 2.08. The van der Waals surface area contributed by atoms with Crippen molar-refractivity contribution in [1.82, 2.24) is 15.6 Å². The van der Waals surface area contributed by atoms with Gasteiger partial charge >= 0.3 is 0 Å². The van der Waals surface area contributed by atoms with Crippen LogP contribution >= 0.6 is 35.3 Å². The zero-order chi connectivity index (χ0) is 16.9. The number of nitrogens with zero attached hydrogens (tertiary/aromatic N) is 1. The van der Waals surface area contributed by atoms with Gasteiger partial charge in [-0.1, -0.05) is 18.2 Å². The molecule has 2 heterocycles. The third-order valence-electron chi connectivity index (χ3n) is 3.94. The number of para-hydroxylation sites is 1. The van der Waals surface area contributed by atoms with Crippen molar-refractivity contribution >= 4 is 52.2 Å². The number of aromatic nitrogens is 1. The Morgan fingerprint density at radius 1 is 1.24 bits per heavy atom. The molecule has 4 nitrogen and oxygen atoms in total. The molecule has 0 fully saturated rings. The minimum absolute atomic E-state index is 0. The van der Waals surface area contributed by atoms with Gasteiger partial charge in [0.2, 0.25) is 0 Å². The standard InChI is InChI=1S/C19H24N4S.HI/c1-13(10-17-9-8-14(2)24-17)22-19(20-3)21-12-16-11-15-6-4-5-7-18(15)23-16;/h4-9,11,13,23H,10,12H2,1-3H3,(H2,20,21,22);1H. The zero-order valence-electron chi connectivity index (χ0n) is 14.8. The second-order valence-corrected chi connectivity index (χ2v) is 7.44. The van der Waals surface area contributed by atoms with E-state index in [0.29, 0.717) is 6.04 Å². The molecule has 1 unspecified atom stereocenters. The lowest BCUT2D eigenvalue weighted by atomic mass is 10.2. The van der Waals surface area contributed by atoms with Gasteiger partial charge in [-0.05, 0) is 43.5 Å². The van der Waals surface area contributed by atoms with E-state index >= 15 is 0 Å². The molecule has 0 aliphatic carbocycles. The quantitative estimate of drug-likeness (QED) is 0.295. The van der Waals surface area contributed by atoms with Crippen molar-refractivity contribution in [1.29, 1.82) is 0 Å². The molecule has 3 rings (SSSR count). The summed E-state index contributed by atoms with van der Waals surface area (Å²) in [6.45, 7) is 5.05. The van der Waals surface area contributed by atoms with Gasteiger partial charge in [-0.3, -0.25) is 4.99 Å². The predicted molar refractivity (Wildman–Crippen MR) is 119 cm³/mol. The second kappa shape index (κ2) is 9.24. The van der Waals surface area contributed by atoms with E-state index in [1.54, 1.807) is 0 Å². The number of hydrogen-bond acceptors (Lipinski definition) is 2. The molecule has 3 N–H and O–H groups in total. The smallest absolute Gasteiger partial charge is 0.191 e. The molecule has 6 heteroatoms. The van der Waals surface area contributed by atoms with Gasteiger partial charge in [-0.25, -0.2) is 0 Å². The molecule has 0 aliphatic heterocycles. The Bertz CT molecular complexity index is 804. The molecule has 134 valence electrons. The lowest BCUT2D eigenvalue weighted by Gasteiger charge is -2.17. The molecule has 0 radical (unpaired) electrons. The van der Waals surface area contributed by atoms with E-state index in [0.717, 1.165) is 24.6 Å². The van der Waals surface area contributed by atoms with Crippen LogP contribution in [0, 0.1) is 6.92 Å². The van der Waals surface area contributed by atoms with Crippen LogP contribution in [0.15, 0.2) is 47.5 Å². The number of aromatic amines is 1. The summed E-state index contributed by atoms with van der Waals surface area (Å²) in [5.41, 5.74) is 2.32. The molecule has 0 spiro atoms. The third-order valence-corrected chi connectivity index (χ3v) is 4.97. The number of benzene rings is 1. The third kappa shape index (κ3) is 5.47. The van der Waals surface area contributed by atoms with Gasteiger partial charge in [0.05, 0.1) is 6.54 Å². The number of thiophene rings is 1. The van der Waals surface area contributed by atoms with E-state index in [2.05, 4.69) is 70.9 Å². The molecule has 25 heavy (non-hydrogen) atoms. The monoisotopic (exact) mass is 468 g/mol. The van der Waals surface area contributed by atoms with Crippen LogP contribution in [0.2, 0.25) is 0 Å². The summed E-state index contributed by atoms with van der Waals surface area (Å²) in [7, 11) is 1.81. The van der Waals surface area contributed by atoms with Gasteiger partial charge in [0.25, 0.3) is 0 Å². The Balaban J connectivity index is 0.00000225. The van der Waals surface area contributed by atoms with E-state index in [1.165, 1.54) is 20.7 Å². The van der Waals surface area contributed by atoms with Crippen molar-refractivity contribution in [2.45, 2.75) is 32.9 Å². The average Bonchev–Trinajstić information content (AvgIpc) is 3.16. The first kappa shape index (κ1) is 19.8. The molecule has 0 aliphatic rings. The van der Waals surface area contributed by atoms with E-state index in [-0.39, 0.29) is 24.0 Å². The highest BCUT2D eigenvalue weighted by atomic mass is 127. The summed E-state index contributed by atoms with van der Waals surface area (Å²) >= 11 is 1.86. The first-order chi connectivity index (χ1) is 11.6. The van der Waals surface area contributed by atoms with Crippen LogP contribution in [-0.4, -0.2) is 24.0 Å². The maximum absolute atomic E-state index is 4.33. The molecule has 1 atom stereocenters. The van der Waals surface area contributed by atoms with E-state index in [9.17, 15) is 0 Å². The zero-order valence-corrected chi connectivity index (χ0v) is 17.9. The fourth-order valence-electron chi connectivity index (χ4n) is 2.78. The van der Waals surface area contributed by atoms with E-state index in [1.807, 2.05) is 24.5 Å².